The van der Waals surface area contributed by atoms with E-state index >= 15 is 0 Å². The average molecular weight is 1130 g/mol. The molecule has 23 nitrogen and oxygen atoms in total. The molecule has 450 valence electrons. The Labute approximate surface area is 476 Å². The Hall–Kier alpha value is -6.69. The number of Topliss-reactive ketones (excluding diaryl/α,β-unsaturated/α-hetero) is 2. The first kappa shape index (κ1) is 68.6. The van der Waals surface area contributed by atoms with Crippen LogP contribution in [-0.4, -0.2) is 131 Å². The standard InChI is InChI=1S/C58H91N11O12/c1-6-7-8-9-13-16-43(70)35-52(73)63-46(31-39-17-19-42(20-18-39)69(80)81)51(72)34-41-24-28-62-55(76)47(29-36(2)3)66-53(74)40(21-25-59)33-50(71)44(22-26-60)64-57(78)48(30-37(4)5)67-58(79)49(32-38-14-11-10-12-15-38)68-56(77)45(23-27-61)65-54(41)75/h10-12,14-15,17-20,36-37,40-41,43-49,70H,6-9,13,16,21-35,59-61H2,1-5H3,(H,62,76)(H,63,73)(H,64,78)(H,65,75)(H,66,74)(H,67,79)(H,68,77)/t40-,41-,43-,44+,45+,46-,47+,48+,49-/m1/s1. The van der Waals surface area contributed by atoms with Crippen LogP contribution in [0.2, 0.25) is 0 Å². The number of ketones is 2. The highest BCUT2D eigenvalue weighted by Crippen LogP contribution is 2.20. The fourth-order valence-electron chi connectivity index (χ4n) is 9.68. The summed E-state index contributed by atoms with van der Waals surface area (Å²) in [5.74, 6) is -8.89. The molecule has 23 heteroatoms. The molecule has 1 fully saturated rings. The predicted octanol–water partition coefficient (Wildman–Crippen LogP) is 2.21. The van der Waals surface area contributed by atoms with Crippen molar-refractivity contribution in [3.8, 4) is 0 Å². The average Bonchev–Trinajstić information content (AvgIpc) is 3.41. The van der Waals surface area contributed by atoms with Gasteiger partial charge in [0.1, 0.15) is 24.2 Å². The number of nitrogens with one attached hydrogen (secondary N) is 7. The fourth-order valence-corrected chi connectivity index (χ4v) is 9.68. The van der Waals surface area contributed by atoms with E-state index < -0.39 is 118 Å². The Bertz CT molecular complexity index is 2360. The number of nitrogens with two attached hydrogens (primary N) is 3. The molecule has 0 aromatic heterocycles. The molecule has 14 N–H and O–H groups in total. The van der Waals surface area contributed by atoms with Crippen molar-refractivity contribution < 1.29 is 53.2 Å². The molecule has 0 saturated carbocycles. The van der Waals surface area contributed by atoms with E-state index in [1.54, 1.807) is 30.3 Å². The van der Waals surface area contributed by atoms with Gasteiger partial charge in [0, 0.05) is 49.8 Å². The van der Waals surface area contributed by atoms with Gasteiger partial charge in [0.05, 0.1) is 29.5 Å². The van der Waals surface area contributed by atoms with E-state index in [1.807, 2.05) is 27.7 Å². The van der Waals surface area contributed by atoms with Crippen molar-refractivity contribution in [1.29, 1.82) is 0 Å². The number of hydrogen-bond acceptors (Lipinski definition) is 15. The first-order chi connectivity index (χ1) is 38.6. The molecule has 0 spiro atoms. The van der Waals surface area contributed by atoms with Crippen LogP contribution in [0.1, 0.15) is 142 Å². The molecule has 1 saturated heterocycles. The van der Waals surface area contributed by atoms with Crippen LogP contribution in [0.3, 0.4) is 0 Å². The van der Waals surface area contributed by atoms with Crippen LogP contribution in [-0.2, 0) is 56.0 Å². The number of hydrogen-bond donors (Lipinski definition) is 11. The van der Waals surface area contributed by atoms with Gasteiger partial charge in [-0.25, -0.2) is 0 Å². The molecule has 1 heterocycles. The summed E-state index contributed by atoms with van der Waals surface area (Å²) in [6.07, 6.45) is 2.36. The van der Waals surface area contributed by atoms with Gasteiger partial charge < -0.3 is 59.5 Å². The van der Waals surface area contributed by atoms with Crippen LogP contribution < -0.4 is 54.4 Å². The van der Waals surface area contributed by atoms with Crippen LogP contribution >= 0.6 is 0 Å². The summed E-state index contributed by atoms with van der Waals surface area (Å²) >= 11 is 0. The number of carbonyl (C=O) groups is 9. The van der Waals surface area contributed by atoms with Gasteiger partial charge in [0.25, 0.3) is 5.69 Å². The molecule has 9 atom stereocenters. The second kappa shape index (κ2) is 36.6. The molecule has 0 unspecified atom stereocenters. The van der Waals surface area contributed by atoms with Crippen LogP contribution in [0.15, 0.2) is 54.6 Å². The zero-order valence-corrected chi connectivity index (χ0v) is 48.0. The van der Waals surface area contributed by atoms with Crippen molar-refractivity contribution >= 4 is 58.6 Å². The van der Waals surface area contributed by atoms with Gasteiger partial charge in [-0.15, -0.1) is 0 Å². The maximum Gasteiger partial charge on any atom is 0.269 e. The summed E-state index contributed by atoms with van der Waals surface area (Å²) < 4.78 is 0. The SMILES string of the molecule is CCCCCCC[C@@H](O)CC(=O)N[C@H](Cc1ccc([N+](=O)[O-])cc1)C(=O)C[C@H]1CCNC(=O)[C@H](CC(C)C)NC(=O)[C@H](CCN)CC(=O)[C@H](CCN)NC(=O)[C@H](CC(C)C)NC(=O)[C@@H](Cc2ccccc2)NC(=O)[C@H](CCN)NC1=O. The highest BCUT2D eigenvalue weighted by molar-refractivity contribution is 5.98. The van der Waals surface area contributed by atoms with Crippen LogP contribution in [0.4, 0.5) is 5.69 Å². The number of rotatable bonds is 27. The first-order valence-corrected chi connectivity index (χ1v) is 28.8. The summed E-state index contributed by atoms with van der Waals surface area (Å²) in [6, 6.07) is 6.51. The molecule has 1 aliphatic heterocycles. The fraction of sp³-hybridized carbons (Fsp3) is 0.638. The van der Waals surface area contributed by atoms with Gasteiger partial charge in [-0.3, -0.25) is 53.3 Å². The monoisotopic (exact) mass is 1130 g/mol. The number of amides is 7. The maximum absolute atomic E-state index is 14.7. The van der Waals surface area contributed by atoms with Crippen LogP contribution in [0.25, 0.3) is 0 Å². The van der Waals surface area contributed by atoms with Crippen molar-refractivity contribution in [3.05, 3.63) is 75.8 Å². The molecule has 2 aromatic carbocycles. The lowest BCUT2D eigenvalue weighted by atomic mass is 9.91. The quantitative estimate of drug-likeness (QED) is 0.0347. The van der Waals surface area contributed by atoms with Crippen molar-refractivity contribution in [2.45, 2.75) is 186 Å². The summed E-state index contributed by atoms with van der Waals surface area (Å²) in [4.78, 5) is 139. The Morgan fingerprint density at radius 2 is 1.19 bits per heavy atom. The van der Waals surface area contributed by atoms with Crippen molar-refractivity contribution in [3.63, 3.8) is 0 Å². The second-order valence-electron chi connectivity index (χ2n) is 22.1. The number of aliphatic hydroxyl groups excluding tert-OH is 1. The predicted molar refractivity (Wildman–Crippen MR) is 306 cm³/mol. The normalized spacial score (nSPS) is 22.1. The minimum atomic E-state index is -1.40. The highest BCUT2D eigenvalue weighted by atomic mass is 16.6. The minimum absolute atomic E-state index is 0.00260. The number of carbonyl (C=O) groups excluding carboxylic acids is 9. The number of unbranched alkanes of at least 4 members (excludes halogenated alkanes) is 4. The van der Waals surface area contributed by atoms with E-state index in [0.29, 0.717) is 24.0 Å². The highest BCUT2D eigenvalue weighted by Gasteiger charge is 2.36. The van der Waals surface area contributed by atoms with E-state index in [0.717, 1.165) is 25.7 Å². The number of nitro benzene ring substituents is 1. The van der Waals surface area contributed by atoms with E-state index in [2.05, 4.69) is 44.1 Å². The Morgan fingerprint density at radius 3 is 1.79 bits per heavy atom. The molecule has 0 aliphatic carbocycles. The van der Waals surface area contributed by atoms with Crippen LogP contribution in [0.5, 0.6) is 0 Å². The largest absolute Gasteiger partial charge is 0.393 e. The molecule has 7 amide bonds. The first-order valence-electron chi connectivity index (χ1n) is 28.8. The topological polar surface area (TPSA) is 379 Å². The third kappa shape index (κ3) is 25.3. The number of aliphatic hydroxyl groups is 1. The zero-order chi connectivity index (χ0) is 60.0. The van der Waals surface area contributed by atoms with Crippen molar-refractivity contribution in [2.24, 2.45) is 40.9 Å². The molecule has 0 radical (unpaired) electrons. The van der Waals surface area contributed by atoms with Crippen molar-refractivity contribution in [2.75, 3.05) is 26.2 Å². The summed E-state index contributed by atoms with van der Waals surface area (Å²) in [6.45, 7) is 9.03. The third-order valence-corrected chi connectivity index (χ3v) is 14.2. The lowest BCUT2D eigenvalue weighted by Gasteiger charge is -2.28. The Kier molecular flexibility index (Phi) is 31.0. The van der Waals surface area contributed by atoms with E-state index in [1.165, 1.54) is 24.3 Å². The van der Waals surface area contributed by atoms with Gasteiger partial charge in [-0.2, -0.15) is 0 Å². The smallest absolute Gasteiger partial charge is 0.269 e. The van der Waals surface area contributed by atoms with Gasteiger partial charge in [0.2, 0.25) is 41.4 Å². The number of non-ortho nitro benzene ring substituents is 1. The number of nitrogens with zero attached hydrogens (tertiary/aromatic N) is 1. The Balaban J connectivity index is 2.16. The van der Waals surface area contributed by atoms with Crippen molar-refractivity contribution in [1.82, 2.24) is 37.2 Å². The number of benzene rings is 2. The van der Waals surface area contributed by atoms with E-state index in [9.17, 15) is 58.4 Å². The van der Waals surface area contributed by atoms with E-state index in [-0.39, 0.29) is 108 Å². The van der Waals surface area contributed by atoms with Gasteiger partial charge in [-0.1, -0.05) is 109 Å². The van der Waals surface area contributed by atoms with Gasteiger partial charge in [0.15, 0.2) is 11.6 Å². The van der Waals surface area contributed by atoms with Gasteiger partial charge in [-0.05, 0) is 94.0 Å². The molecular formula is C58H91N11O12. The summed E-state index contributed by atoms with van der Waals surface area (Å²) in [5, 5.41) is 41.6. The van der Waals surface area contributed by atoms with Gasteiger partial charge >= 0.3 is 0 Å². The second-order valence-corrected chi connectivity index (χ2v) is 22.1. The number of nitro groups is 1. The molecular weight excluding hydrogens is 1040 g/mol. The Morgan fingerprint density at radius 1 is 0.654 bits per heavy atom. The summed E-state index contributed by atoms with van der Waals surface area (Å²) in [7, 11) is 0. The molecule has 0 bridgehead atoms. The summed E-state index contributed by atoms with van der Waals surface area (Å²) in [5.41, 5.74) is 18.8. The third-order valence-electron chi connectivity index (χ3n) is 14.2. The zero-order valence-electron chi connectivity index (χ0n) is 48.0. The molecule has 81 heavy (non-hydrogen) atoms. The molecule has 1 aliphatic rings. The lowest BCUT2D eigenvalue weighted by molar-refractivity contribution is -0.384. The molecule has 2 aromatic rings. The maximum atomic E-state index is 14.7. The minimum Gasteiger partial charge on any atom is -0.393 e. The van der Waals surface area contributed by atoms with Crippen LogP contribution in [0, 0.1) is 33.8 Å². The van der Waals surface area contributed by atoms with E-state index in [4.69, 9.17) is 17.2 Å². The lowest BCUT2D eigenvalue weighted by Crippen LogP contribution is -2.59. The molecule has 3 rings (SSSR count).